The topological polar surface area (TPSA) is 114 Å². The van der Waals surface area contributed by atoms with Crippen LogP contribution in [-0.2, 0) is 19.1 Å². The van der Waals surface area contributed by atoms with E-state index in [1.165, 1.54) is 11.1 Å². The molecule has 0 spiro atoms. The first-order valence-electron chi connectivity index (χ1n) is 11.8. The van der Waals surface area contributed by atoms with E-state index in [-0.39, 0.29) is 30.4 Å². The molecular weight excluding hydrogens is 436 g/mol. The molecule has 8 heteroatoms. The van der Waals surface area contributed by atoms with Gasteiger partial charge in [0.1, 0.15) is 6.61 Å². The molecule has 0 radical (unpaired) electrons. The number of benzene rings is 2. The first-order chi connectivity index (χ1) is 16.5. The third-order valence-corrected chi connectivity index (χ3v) is 7.13. The first-order valence-corrected chi connectivity index (χ1v) is 11.8. The van der Waals surface area contributed by atoms with Crippen LogP contribution in [-0.4, -0.2) is 54.5 Å². The van der Waals surface area contributed by atoms with Crippen molar-refractivity contribution in [3.05, 3.63) is 59.7 Å². The Labute approximate surface area is 197 Å². The molecule has 2 aliphatic carbocycles. The van der Waals surface area contributed by atoms with Crippen LogP contribution >= 0.6 is 0 Å². The van der Waals surface area contributed by atoms with Crippen molar-refractivity contribution in [3.8, 4) is 11.1 Å². The molecule has 5 rings (SSSR count). The van der Waals surface area contributed by atoms with Crippen LogP contribution in [0.5, 0.6) is 0 Å². The number of carboxylic acids is 1. The van der Waals surface area contributed by atoms with Gasteiger partial charge in [0.2, 0.25) is 5.91 Å². The maximum atomic E-state index is 12.6. The summed E-state index contributed by atoms with van der Waals surface area (Å²) in [5.74, 6) is -1.52. The molecule has 1 saturated heterocycles. The van der Waals surface area contributed by atoms with Gasteiger partial charge in [0.25, 0.3) is 0 Å². The highest BCUT2D eigenvalue weighted by Crippen LogP contribution is 2.44. The fourth-order valence-corrected chi connectivity index (χ4v) is 5.44. The number of amides is 2. The number of hydrogen-bond donors (Lipinski definition) is 3. The summed E-state index contributed by atoms with van der Waals surface area (Å²) in [7, 11) is 0. The largest absolute Gasteiger partial charge is 0.479 e. The van der Waals surface area contributed by atoms with Crippen molar-refractivity contribution < 1.29 is 29.0 Å². The summed E-state index contributed by atoms with van der Waals surface area (Å²) in [6, 6.07) is 15.7. The standard InChI is InChI=1S/C26H28N2O6/c29-24(28-22-11-12-33-23(22)25(30)31)15-9-10-16(13-15)27-26(32)34-14-21-19-7-3-1-5-17(19)18-6-2-4-8-20(18)21/h1-8,15-16,21-23H,9-14H2,(H,27,32)(H,28,29)(H,30,31)/t15-,16+,22?,23?/m1/s1. The van der Waals surface area contributed by atoms with Gasteiger partial charge in [-0.15, -0.1) is 0 Å². The molecule has 1 heterocycles. The number of carbonyl (C=O) groups is 3. The van der Waals surface area contributed by atoms with Crippen molar-refractivity contribution >= 4 is 18.0 Å². The normalized spacial score (nSPS) is 25.4. The van der Waals surface area contributed by atoms with Crippen molar-refractivity contribution in [2.75, 3.05) is 13.2 Å². The number of aliphatic carboxylic acids is 1. The number of rotatable bonds is 6. The first kappa shape index (κ1) is 22.4. The Morgan fingerprint density at radius 1 is 0.941 bits per heavy atom. The third kappa shape index (κ3) is 4.37. The summed E-state index contributed by atoms with van der Waals surface area (Å²) in [6.07, 6.45) is 0.804. The monoisotopic (exact) mass is 464 g/mol. The van der Waals surface area contributed by atoms with Gasteiger partial charge < -0.3 is 25.2 Å². The van der Waals surface area contributed by atoms with Crippen LogP contribution in [0.25, 0.3) is 11.1 Å². The van der Waals surface area contributed by atoms with Crippen LogP contribution in [0.4, 0.5) is 4.79 Å². The molecule has 1 saturated carbocycles. The summed E-state index contributed by atoms with van der Waals surface area (Å²) in [6.45, 7) is 0.563. The number of nitrogens with one attached hydrogen (secondary N) is 2. The molecule has 2 fully saturated rings. The lowest BCUT2D eigenvalue weighted by atomic mass is 9.98. The summed E-state index contributed by atoms with van der Waals surface area (Å²) in [4.78, 5) is 36.4. The van der Waals surface area contributed by atoms with Crippen LogP contribution in [0, 0.1) is 5.92 Å². The predicted octanol–water partition coefficient (Wildman–Crippen LogP) is 3.05. The average molecular weight is 465 g/mol. The maximum absolute atomic E-state index is 12.6. The van der Waals surface area contributed by atoms with Crippen molar-refractivity contribution in [1.29, 1.82) is 0 Å². The molecule has 8 nitrogen and oxygen atoms in total. The quantitative estimate of drug-likeness (QED) is 0.606. The number of hydrogen-bond acceptors (Lipinski definition) is 5. The highest BCUT2D eigenvalue weighted by molar-refractivity contribution is 5.82. The minimum atomic E-state index is -1.07. The van der Waals surface area contributed by atoms with Crippen molar-refractivity contribution in [1.82, 2.24) is 10.6 Å². The Morgan fingerprint density at radius 3 is 2.29 bits per heavy atom. The van der Waals surface area contributed by atoms with Gasteiger partial charge in [0.15, 0.2) is 6.10 Å². The van der Waals surface area contributed by atoms with Crippen molar-refractivity contribution in [2.45, 2.75) is 49.8 Å². The van der Waals surface area contributed by atoms with Crippen molar-refractivity contribution in [3.63, 3.8) is 0 Å². The van der Waals surface area contributed by atoms with E-state index in [2.05, 4.69) is 34.9 Å². The van der Waals surface area contributed by atoms with Gasteiger partial charge in [-0.25, -0.2) is 9.59 Å². The van der Waals surface area contributed by atoms with Crippen molar-refractivity contribution in [2.24, 2.45) is 5.92 Å². The van der Waals surface area contributed by atoms with E-state index in [9.17, 15) is 19.5 Å². The summed E-state index contributed by atoms with van der Waals surface area (Å²) in [5.41, 5.74) is 4.67. The highest BCUT2D eigenvalue weighted by Gasteiger charge is 2.38. The van der Waals surface area contributed by atoms with Crippen LogP contribution in [0.3, 0.4) is 0 Å². The zero-order valence-electron chi connectivity index (χ0n) is 18.7. The molecule has 4 atom stereocenters. The Hall–Kier alpha value is -3.39. The van der Waals surface area contributed by atoms with Crippen LogP contribution in [0.2, 0.25) is 0 Å². The number of carboxylic acid groups (broad SMARTS) is 1. The lowest BCUT2D eigenvalue weighted by Gasteiger charge is -2.19. The molecule has 2 aromatic carbocycles. The second kappa shape index (κ2) is 9.46. The summed E-state index contributed by atoms with van der Waals surface area (Å²) < 4.78 is 10.8. The van der Waals surface area contributed by atoms with Gasteiger partial charge in [-0.3, -0.25) is 4.79 Å². The van der Waals surface area contributed by atoms with E-state index in [4.69, 9.17) is 9.47 Å². The van der Waals surface area contributed by atoms with E-state index in [0.29, 0.717) is 32.3 Å². The molecular formula is C26H28N2O6. The van der Waals surface area contributed by atoms with E-state index < -0.39 is 24.2 Å². The van der Waals surface area contributed by atoms with Gasteiger partial charge in [-0.2, -0.15) is 0 Å². The number of ether oxygens (including phenoxy) is 2. The predicted molar refractivity (Wildman–Crippen MR) is 123 cm³/mol. The van der Waals surface area contributed by atoms with E-state index in [1.54, 1.807) is 0 Å². The molecule has 34 heavy (non-hydrogen) atoms. The molecule has 2 amide bonds. The van der Waals surface area contributed by atoms with Crippen LogP contribution in [0.1, 0.15) is 42.7 Å². The molecule has 0 bridgehead atoms. The second-order valence-electron chi connectivity index (χ2n) is 9.21. The fourth-order valence-electron chi connectivity index (χ4n) is 5.44. The molecule has 1 aliphatic heterocycles. The minimum Gasteiger partial charge on any atom is -0.479 e. The average Bonchev–Trinajstić information content (AvgIpc) is 3.56. The Bertz CT molecular complexity index is 1060. The second-order valence-corrected chi connectivity index (χ2v) is 9.21. The summed E-state index contributed by atoms with van der Waals surface area (Å²) >= 11 is 0. The van der Waals surface area contributed by atoms with E-state index in [0.717, 1.165) is 11.1 Å². The molecule has 3 aliphatic rings. The minimum absolute atomic E-state index is 0.00364. The molecule has 178 valence electrons. The summed E-state index contributed by atoms with van der Waals surface area (Å²) in [5, 5.41) is 14.9. The zero-order chi connectivity index (χ0) is 23.7. The zero-order valence-corrected chi connectivity index (χ0v) is 18.7. The molecule has 3 N–H and O–H groups in total. The fraction of sp³-hybridized carbons (Fsp3) is 0.423. The molecule has 2 aromatic rings. The highest BCUT2D eigenvalue weighted by atomic mass is 16.5. The Morgan fingerprint density at radius 2 is 1.62 bits per heavy atom. The van der Waals surface area contributed by atoms with Gasteiger partial charge in [0.05, 0.1) is 6.04 Å². The number of alkyl carbamates (subject to hydrolysis) is 1. The molecule has 2 unspecified atom stereocenters. The third-order valence-electron chi connectivity index (χ3n) is 7.13. The van der Waals surface area contributed by atoms with Gasteiger partial charge in [0, 0.05) is 24.5 Å². The van der Waals surface area contributed by atoms with Gasteiger partial charge in [-0.05, 0) is 47.9 Å². The number of fused-ring (bicyclic) bond motifs is 3. The smallest absolute Gasteiger partial charge is 0.407 e. The van der Waals surface area contributed by atoms with Crippen LogP contribution in [0.15, 0.2) is 48.5 Å². The molecule has 0 aromatic heterocycles. The van der Waals surface area contributed by atoms with Crippen LogP contribution < -0.4 is 10.6 Å². The van der Waals surface area contributed by atoms with E-state index >= 15 is 0 Å². The SMILES string of the molecule is O=C(N[C@H]1CC[C@@H](C(=O)NC2CCOC2C(=O)O)C1)OCC1c2ccccc2-c2ccccc21. The van der Waals surface area contributed by atoms with Gasteiger partial charge >= 0.3 is 12.1 Å². The maximum Gasteiger partial charge on any atom is 0.407 e. The lowest BCUT2D eigenvalue weighted by Crippen LogP contribution is -2.46. The van der Waals surface area contributed by atoms with Gasteiger partial charge in [-0.1, -0.05) is 48.5 Å². The number of carbonyl (C=O) groups excluding carboxylic acids is 2. The Kier molecular flexibility index (Phi) is 6.24. The van der Waals surface area contributed by atoms with E-state index in [1.807, 2.05) is 24.3 Å². The Balaban J connectivity index is 1.12. The lowest BCUT2D eigenvalue weighted by molar-refractivity contribution is -0.148.